The van der Waals surface area contributed by atoms with E-state index in [1.54, 1.807) is 6.08 Å². The van der Waals surface area contributed by atoms with Gasteiger partial charge in [-0.2, -0.15) is 0 Å². The Hall–Kier alpha value is -0.790. The van der Waals surface area contributed by atoms with Crippen LogP contribution in [0.3, 0.4) is 0 Å². The molecule has 1 amide bonds. The third-order valence-corrected chi connectivity index (χ3v) is 2.02. The van der Waals surface area contributed by atoms with Crippen molar-refractivity contribution < 1.29 is 4.79 Å². The van der Waals surface area contributed by atoms with Crippen LogP contribution in [0.2, 0.25) is 0 Å². The first kappa shape index (κ1) is 8.31. The molecule has 0 aliphatic heterocycles. The Morgan fingerprint density at radius 1 is 1.64 bits per heavy atom. The zero-order chi connectivity index (χ0) is 8.10. The molecule has 0 radical (unpaired) electrons. The van der Waals surface area contributed by atoms with Crippen molar-refractivity contribution in [2.24, 2.45) is 5.92 Å². The molecule has 0 saturated heterocycles. The summed E-state index contributed by atoms with van der Waals surface area (Å²) in [4.78, 5) is 10.9. The third kappa shape index (κ3) is 2.74. The molecule has 0 spiro atoms. The minimum Gasteiger partial charge on any atom is -0.353 e. The van der Waals surface area contributed by atoms with Crippen LogP contribution in [0.4, 0.5) is 0 Å². The van der Waals surface area contributed by atoms with Crippen molar-refractivity contribution in [3.63, 3.8) is 0 Å². The van der Waals surface area contributed by atoms with Crippen molar-refractivity contribution >= 4 is 5.91 Å². The zero-order valence-corrected chi connectivity index (χ0v) is 6.97. The molecule has 1 saturated carbocycles. The highest BCUT2D eigenvalue weighted by Gasteiger charge is 2.13. The zero-order valence-electron chi connectivity index (χ0n) is 6.97. The Morgan fingerprint density at radius 3 is 2.82 bits per heavy atom. The molecular formula is C9H15NO. The maximum Gasteiger partial charge on any atom is 0.243 e. The molecule has 0 unspecified atom stereocenters. The van der Waals surface area contributed by atoms with Crippen molar-refractivity contribution in [3.05, 3.63) is 12.2 Å². The van der Waals surface area contributed by atoms with Crippen LogP contribution < -0.4 is 5.32 Å². The van der Waals surface area contributed by atoms with E-state index in [4.69, 9.17) is 0 Å². The summed E-state index contributed by atoms with van der Waals surface area (Å²) in [5.41, 5.74) is 0. The number of hydrogen-bond donors (Lipinski definition) is 1. The van der Waals surface area contributed by atoms with Crippen molar-refractivity contribution in [3.8, 4) is 0 Å². The Bertz CT molecular complexity index is 159. The van der Waals surface area contributed by atoms with Gasteiger partial charge in [-0.15, -0.1) is 0 Å². The Labute approximate surface area is 67.7 Å². The van der Waals surface area contributed by atoms with Gasteiger partial charge in [0, 0.05) is 6.54 Å². The number of hydrogen-bond acceptors (Lipinski definition) is 1. The minimum absolute atomic E-state index is 0.0411. The quantitative estimate of drug-likeness (QED) is 0.611. The van der Waals surface area contributed by atoms with Crippen LogP contribution in [0.1, 0.15) is 26.2 Å². The van der Waals surface area contributed by atoms with E-state index in [1.807, 2.05) is 13.0 Å². The highest BCUT2D eigenvalue weighted by atomic mass is 16.1. The molecule has 1 rings (SSSR count). The van der Waals surface area contributed by atoms with Gasteiger partial charge in [0.1, 0.15) is 0 Å². The SMILES string of the molecule is CCNC(=O)/C=C/C1CCC1. The van der Waals surface area contributed by atoms with Gasteiger partial charge in [-0.05, 0) is 31.8 Å². The lowest BCUT2D eigenvalue weighted by molar-refractivity contribution is -0.116. The molecule has 62 valence electrons. The van der Waals surface area contributed by atoms with Crippen LogP contribution in [0.25, 0.3) is 0 Å². The van der Waals surface area contributed by atoms with Crippen molar-refractivity contribution in [2.75, 3.05) is 6.54 Å². The van der Waals surface area contributed by atoms with Crippen LogP contribution >= 0.6 is 0 Å². The molecule has 1 aliphatic rings. The molecule has 11 heavy (non-hydrogen) atoms. The molecule has 2 heteroatoms. The van der Waals surface area contributed by atoms with E-state index in [0.717, 1.165) is 0 Å². The van der Waals surface area contributed by atoms with Gasteiger partial charge in [0.25, 0.3) is 0 Å². The summed E-state index contributed by atoms with van der Waals surface area (Å²) in [6, 6.07) is 0. The van der Waals surface area contributed by atoms with E-state index in [1.165, 1.54) is 19.3 Å². The second-order valence-corrected chi connectivity index (χ2v) is 2.94. The molecule has 0 aromatic rings. The van der Waals surface area contributed by atoms with Crippen molar-refractivity contribution in [1.82, 2.24) is 5.32 Å². The maximum atomic E-state index is 10.9. The molecule has 0 aromatic carbocycles. The van der Waals surface area contributed by atoms with Crippen LogP contribution in [0.15, 0.2) is 12.2 Å². The molecule has 1 fully saturated rings. The van der Waals surface area contributed by atoms with E-state index in [-0.39, 0.29) is 5.91 Å². The monoisotopic (exact) mass is 153 g/mol. The van der Waals surface area contributed by atoms with E-state index >= 15 is 0 Å². The first-order valence-electron chi connectivity index (χ1n) is 4.29. The summed E-state index contributed by atoms with van der Waals surface area (Å²) < 4.78 is 0. The summed E-state index contributed by atoms with van der Waals surface area (Å²) in [5.74, 6) is 0.719. The lowest BCUT2D eigenvalue weighted by Gasteiger charge is -2.20. The second-order valence-electron chi connectivity index (χ2n) is 2.94. The van der Waals surface area contributed by atoms with Crippen LogP contribution in [0.5, 0.6) is 0 Å². The van der Waals surface area contributed by atoms with Crippen LogP contribution in [-0.4, -0.2) is 12.5 Å². The third-order valence-electron chi connectivity index (χ3n) is 2.02. The predicted octanol–water partition coefficient (Wildman–Crippen LogP) is 1.48. The summed E-state index contributed by atoms with van der Waals surface area (Å²) in [6.07, 6.45) is 7.53. The minimum atomic E-state index is 0.0411. The highest BCUT2D eigenvalue weighted by Crippen LogP contribution is 2.26. The Kier molecular flexibility index (Phi) is 3.14. The van der Waals surface area contributed by atoms with Gasteiger partial charge in [0.2, 0.25) is 5.91 Å². The molecule has 0 heterocycles. The van der Waals surface area contributed by atoms with Gasteiger partial charge in [-0.1, -0.05) is 12.5 Å². The molecular weight excluding hydrogens is 138 g/mol. The normalized spacial score (nSPS) is 18.3. The van der Waals surface area contributed by atoms with Gasteiger partial charge in [0.15, 0.2) is 0 Å². The first-order valence-corrected chi connectivity index (χ1v) is 4.29. The van der Waals surface area contributed by atoms with Gasteiger partial charge in [-0.25, -0.2) is 0 Å². The molecule has 0 bridgehead atoms. The van der Waals surface area contributed by atoms with Crippen LogP contribution in [0, 0.1) is 5.92 Å². The van der Waals surface area contributed by atoms with E-state index in [2.05, 4.69) is 5.32 Å². The summed E-state index contributed by atoms with van der Waals surface area (Å²) in [6.45, 7) is 2.64. The molecule has 1 aliphatic carbocycles. The molecule has 0 aromatic heterocycles. The number of allylic oxidation sites excluding steroid dienone is 1. The van der Waals surface area contributed by atoms with E-state index in [9.17, 15) is 4.79 Å². The number of carbonyl (C=O) groups excluding carboxylic acids is 1. The van der Waals surface area contributed by atoms with Crippen molar-refractivity contribution in [1.29, 1.82) is 0 Å². The van der Waals surface area contributed by atoms with E-state index in [0.29, 0.717) is 12.5 Å². The molecule has 1 N–H and O–H groups in total. The topological polar surface area (TPSA) is 29.1 Å². The average Bonchev–Trinajstić information content (AvgIpc) is 1.85. The summed E-state index contributed by atoms with van der Waals surface area (Å²) in [7, 11) is 0. The fraction of sp³-hybridized carbons (Fsp3) is 0.667. The van der Waals surface area contributed by atoms with Gasteiger partial charge < -0.3 is 5.32 Å². The maximum absolute atomic E-state index is 10.9. The smallest absolute Gasteiger partial charge is 0.243 e. The van der Waals surface area contributed by atoms with Gasteiger partial charge in [0.05, 0.1) is 0 Å². The second kappa shape index (κ2) is 4.16. The molecule has 2 nitrogen and oxygen atoms in total. The number of nitrogens with one attached hydrogen (secondary N) is 1. The summed E-state index contributed by atoms with van der Waals surface area (Å²) in [5, 5.41) is 2.72. The van der Waals surface area contributed by atoms with Gasteiger partial charge >= 0.3 is 0 Å². The first-order chi connectivity index (χ1) is 5.33. The highest BCUT2D eigenvalue weighted by molar-refractivity contribution is 5.87. The van der Waals surface area contributed by atoms with Gasteiger partial charge in [-0.3, -0.25) is 4.79 Å². The fourth-order valence-electron chi connectivity index (χ4n) is 1.09. The fourth-order valence-corrected chi connectivity index (χ4v) is 1.09. The van der Waals surface area contributed by atoms with Crippen molar-refractivity contribution in [2.45, 2.75) is 26.2 Å². The number of carbonyl (C=O) groups is 1. The lowest BCUT2D eigenvalue weighted by Crippen LogP contribution is -2.20. The largest absolute Gasteiger partial charge is 0.353 e. The Balaban J connectivity index is 2.16. The summed E-state index contributed by atoms with van der Waals surface area (Å²) >= 11 is 0. The van der Waals surface area contributed by atoms with E-state index < -0.39 is 0 Å². The van der Waals surface area contributed by atoms with Crippen LogP contribution in [-0.2, 0) is 4.79 Å². The number of likely N-dealkylation sites (N-methyl/N-ethyl adjacent to an activating group) is 1. The standard InChI is InChI=1S/C9H15NO/c1-2-10-9(11)7-6-8-4-3-5-8/h6-8H,2-5H2,1H3,(H,10,11)/b7-6+. The number of rotatable bonds is 3. The Morgan fingerprint density at radius 2 is 2.36 bits per heavy atom. The number of amides is 1. The molecule has 0 atom stereocenters. The predicted molar refractivity (Wildman–Crippen MR) is 45.2 cm³/mol. The lowest BCUT2D eigenvalue weighted by atomic mass is 9.85. The average molecular weight is 153 g/mol.